The molecule has 5 heterocycles. The number of esters is 1. The number of aliphatic hydroxyl groups is 17. The summed E-state index contributed by atoms with van der Waals surface area (Å²) in [5.41, 5.74) is -1.02. The highest BCUT2D eigenvalue weighted by Gasteiger charge is 2.67. The smallest absolute Gasteiger partial charge is 0.308 e. The molecule has 0 aromatic rings. The lowest BCUT2D eigenvalue weighted by atomic mass is 9.43. The fourth-order valence-corrected chi connectivity index (χ4v) is 14.8. The van der Waals surface area contributed by atoms with Gasteiger partial charge in [-0.2, -0.15) is 0 Å². The molecule has 9 aliphatic rings. The van der Waals surface area contributed by atoms with E-state index in [0.29, 0.717) is 44.9 Å². The van der Waals surface area contributed by atoms with E-state index in [2.05, 4.69) is 13.5 Å². The average molecular weight is 1130 g/mol. The normalized spacial score (nSPS) is 53.5. The van der Waals surface area contributed by atoms with E-state index in [1.54, 1.807) is 0 Å². The zero-order valence-electron chi connectivity index (χ0n) is 43.1. The molecule has 2 bridgehead atoms. The third kappa shape index (κ3) is 10.9. The summed E-state index contributed by atoms with van der Waals surface area (Å²) in [6, 6.07) is 0. The minimum Gasteiger partial charge on any atom is -0.433 e. The number of carbonyl (C=O) groups excluding carboxylic acids is 1. The molecule has 31 atom stereocenters. The third-order valence-corrected chi connectivity index (χ3v) is 18.9. The van der Waals surface area contributed by atoms with Crippen molar-refractivity contribution in [2.24, 2.45) is 28.6 Å². The Hall–Kier alpha value is -1.83. The summed E-state index contributed by atoms with van der Waals surface area (Å²) in [5.74, 6) is -1.02. The molecule has 0 radical (unpaired) electrons. The van der Waals surface area contributed by atoms with Gasteiger partial charge in [0.25, 0.3) is 0 Å². The van der Waals surface area contributed by atoms with Crippen LogP contribution in [0.15, 0.2) is 12.2 Å². The van der Waals surface area contributed by atoms with Crippen LogP contribution < -0.4 is 0 Å². The monoisotopic (exact) mass is 1130 g/mol. The van der Waals surface area contributed by atoms with Gasteiger partial charge in [0.05, 0.1) is 38.6 Å². The van der Waals surface area contributed by atoms with Crippen LogP contribution in [-0.2, 0) is 52.2 Å². The van der Waals surface area contributed by atoms with Crippen molar-refractivity contribution in [3.8, 4) is 0 Å². The second kappa shape index (κ2) is 24.0. The molecule has 0 amide bonds. The second-order valence-electron chi connectivity index (χ2n) is 23.3. The standard InChI is InChI=1S/C50H80O28/c1-18-11-49-8-5-20-19(4-3-7-48(20,2)26(49)6-9-50(18,17-49)78-47-41(36(65)31(60)24(15-54)73-47)76-44-38(67)34(63)29(58)22(13-52)70-44)10-27(56)74-46-42(77-45-39(68)35(64)30(59)23(14-53)71-45)40(32(61)25(16-55)72-46)75-43-37(66)33(62)28(57)21(12-51)69-43/h19-26,28-47,51-55,57-68H,1,3-17H2,2H3/t19-,20-,21-,22-,23-,24-,25-,26+,28-,29-,30-,31-,32-,33+,34+,35+,36+,37-,38-,39-,40+,41-,42-,43+,44+,45+,46+,47+,48-,49?,50+/m1/s1. The van der Waals surface area contributed by atoms with Gasteiger partial charge in [0.2, 0.25) is 6.29 Å². The van der Waals surface area contributed by atoms with Crippen molar-refractivity contribution in [3.05, 3.63) is 12.2 Å². The van der Waals surface area contributed by atoms with E-state index in [4.69, 9.17) is 47.4 Å². The fraction of sp³-hybridized carbons (Fsp3) is 0.940. The molecule has 4 saturated carbocycles. The summed E-state index contributed by atoms with van der Waals surface area (Å²) >= 11 is 0. The third-order valence-electron chi connectivity index (χ3n) is 18.9. The highest BCUT2D eigenvalue weighted by molar-refractivity contribution is 5.70. The first-order valence-electron chi connectivity index (χ1n) is 27.0. The van der Waals surface area contributed by atoms with Gasteiger partial charge in [0.1, 0.15) is 116 Å². The number of carbonyl (C=O) groups is 1. The molecule has 448 valence electrons. The van der Waals surface area contributed by atoms with Gasteiger partial charge in [-0.1, -0.05) is 19.9 Å². The first-order chi connectivity index (χ1) is 37.0. The van der Waals surface area contributed by atoms with Crippen molar-refractivity contribution < 1.29 is 139 Å². The summed E-state index contributed by atoms with van der Waals surface area (Å²) in [5, 5.41) is 180. The van der Waals surface area contributed by atoms with Crippen LogP contribution >= 0.6 is 0 Å². The van der Waals surface area contributed by atoms with Gasteiger partial charge in [-0.3, -0.25) is 4.79 Å². The van der Waals surface area contributed by atoms with Crippen molar-refractivity contribution in [1.82, 2.24) is 0 Å². The molecule has 28 nitrogen and oxygen atoms in total. The number of hydrogen-bond acceptors (Lipinski definition) is 28. The number of hydrogen-bond donors (Lipinski definition) is 17. The van der Waals surface area contributed by atoms with E-state index in [-0.39, 0.29) is 35.0 Å². The van der Waals surface area contributed by atoms with Crippen LogP contribution in [0, 0.1) is 28.6 Å². The van der Waals surface area contributed by atoms with Gasteiger partial charge in [0.15, 0.2) is 31.3 Å². The van der Waals surface area contributed by atoms with Crippen molar-refractivity contribution in [3.63, 3.8) is 0 Å². The quantitative estimate of drug-likeness (QED) is 0.0388. The molecule has 0 aromatic carbocycles. The van der Waals surface area contributed by atoms with E-state index in [0.717, 1.165) is 18.4 Å². The largest absolute Gasteiger partial charge is 0.433 e. The molecule has 28 heteroatoms. The van der Waals surface area contributed by atoms with Crippen LogP contribution in [-0.4, -0.2) is 285 Å². The first-order valence-corrected chi connectivity index (χ1v) is 27.0. The number of aliphatic hydroxyl groups excluding tert-OH is 17. The van der Waals surface area contributed by atoms with Crippen molar-refractivity contribution in [2.75, 3.05) is 33.0 Å². The van der Waals surface area contributed by atoms with E-state index in [9.17, 15) is 91.6 Å². The van der Waals surface area contributed by atoms with Gasteiger partial charge in [-0.05, 0) is 85.5 Å². The summed E-state index contributed by atoms with van der Waals surface area (Å²) in [6.07, 6.45) is -38.4. The maximum absolute atomic E-state index is 14.4. The zero-order chi connectivity index (χ0) is 56.5. The molecule has 0 aromatic heterocycles. The molecule has 9 fully saturated rings. The summed E-state index contributed by atoms with van der Waals surface area (Å²) in [4.78, 5) is 14.4. The molecule has 5 saturated heterocycles. The first kappa shape index (κ1) is 60.8. The Morgan fingerprint density at radius 3 is 1.47 bits per heavy atom. The summed E-state index contributed by atoms with van der Waals surface area (Å²) < 4.78 is 59.5. The predicted molar refractivity (Wildman–Crippen MR) is 252 cm³/mol. The maximum atomic E-state index is 14.4. The van der Waals surface area contributed by atoms with Gasteiger partial charge in [-0.15, -0.1) is 0 Å². The minimum atomic E-state index is -2.03. The highest BCUT2D eigenvalue weighted by Crippen LogP contribution is 2.72. The number of rotatable bonds is 16. The Kier molecular flexibility index (Phi) is 18.7. The Bertz CT molecular complexity index is 2040. The number of ether oxygens (including phenoxy) is 10. The molecule has 5 aliphatic heterocycles. The molecule has 17 N–H and O–H groups in total. The van der Waals surface area contributed by atoms with Crippen molar-refractivity contribution in [1.29, 1.82) is 0 Å². The Morgan fingerprint density at radius 1 is 0.513 bits per heavy atom. The number of fused-ring (bicyclic) bond motifs is 3. The molecular weight excluding hydrogens is 1050 g/mol. The van der Waals surface area contributed by atoms with Crippen LogP contribution in [0.1, 0.15) is 71.1 Å². The molecular formula is C50H80O28. The fourth-order valence-electron chi connectivity index (χ4n) is 14.8. The molecule has 4 aliphatic carbocycles. The van der Waals surface area contributed by atoms with Gasteiger partial charge in [-0.25, -0.2) is 0 Å². The minimum absolute atomic E-state index is 0.0284. The van der Waals surface area contributed by atoms with E-state index >= 15 is 0 Å². The van der Waals surface area contributed by atoms with Gasteiger partial charge in [0, 0.05) is 6.42 Å². The van der Waals surface area contributed by atoms with Gasteiger partial charge < -0.3 is 134 Å². The van der Waals surface area contributed by atoms with Crippen LogP contribution in [0.5, 0.6) is 0 Å². The lowest BCUT2D eigenvalue weighted by Crippen LogP contribution is -2.67. The maximum Gasteiger partial charge on any atom is 0.308 e. The summed E-state index contributed by atoms with van der Waals surface area (Å²) in [7, 11) is 0. The lowest BCUT2D eigenvalue weighted by molar-refractivity contribution is -0.388. The van der Waals surface area contributed by atoms with E-state index in [1.165, 1.54) is 0 Å². The van der Waals surface area contributed by atoms with Crippen LogP contribution in [0.25, 0.3) is 0 Å². The van der Waals surface area contributed by atoms with E-state index < -0.39 is 198 Å². The van der Waals surface area contributed by atoms with Crippen LogP contribution in [0.3, 0.4) is 0 Å². The topological polar surface area (TPSA) is 453 Å². The van der Waals surface area contributed by atoms with E-state index in [1.807, 2.05) is 0 Å². The highest BCUT2D eigenvalue weighted by atomic mass is 16.8. The van der Waals surface area contributed by atoms with Crippen LogP contribution in [0.4, 0.5) is 0 Å². The molecule has 1 unspecified atom stereocenters. The zero-order valence-corrected chi connectivity index (χ0v) is 43.1. The lowest BCUT2D eigenvalue weighted by Gasteiger charge is -2.62. The summed E-state index contributed by atoms with van der Waals surface area (Å²) in [6.45, 7) is 2.63. The van der Waals surface area contributed by atoms with Crippen molar-refractivity contribution in [2.45, 2.75) is 230 Å². The van der Waals surface area contributed by atoms with Crippen molar-refractivity contribution >= 4 is 5.97 Å². The Labute approximate surface area is 448 Å². The molecule has 1 spiro atoms. The second-order valence-corrected chi connectivity index (χ2v) is 23.3. The SMILES string of the molecule is C=C1CC23CC[C@@H]4[C@@H](CC(=O)O[C@@H]5O[C@H](CO)[C@@H](O)[C@H](O[C@@H]6O[C@H](CO)[C@@H](O)[C@H](O)[C@H]6O)[C@H]5O[C@@H]5O[C@H](CO)[C@@H](O)[C@H](O)[C@H]5O)CCC[C@@]4(C)[C@@H]2CC[C@]1(O[C@@H]1O[C@H](CO)[C@@H](O)[C@H](O)[C@H]1O[C@@H]1O[C@H](CO)[C@@H](O)[C@H](O)[C@H]1O)C3. The van der Waals surface area contributed by atoms with Crippen LogP contribution in [0.2, 0.25) is 0 Å². The predicted octanol–water partition coefficient (Wildman–Crippen LogP) is -7.29. The Morgan fingerprint density at radius 2 is 0.962 bits per heavy atom. The van der Waals surface area contributed by atoms with Gasteiger partial charge >= 0.3 is 5.97 Å². The molecule has 78 heavy (non-hydrogen) atoms. The Balaban J connectivity index is 0.919. The average Bonchev–Trinajstić information content (AvgIpc) is 3.88. The molecule has 9 rings (SSSR count).